The maximum Gasteiger partial charge on any atom is 0.351 e. The van der Waals surface area contributed by atoms with Crippen LogP contribution < -0.4 is 0 Å². The molecule has 0 aliphatic heterocycles. The van der Waals surface area contributed by atoms with E-state index < -0.39 is 5.97 Å². The Morgan fingerprint density at radius 1 is 1.80 bits per heavy atom. The van der Waals surface area contributed by atoms with Crippen molar-refractivity contribution >= 4 is 40.7 Å². The molecule has 1 rings (SSSR count). The molecule has 0 amide bonds. The highest BCUT2D eigenvalue weighted by atomic mass is 35.5. The van der Waals surface area contributed by atoms with Crippen molar-refractivity contribution in [3.63, 3.8) is 0 Å². The first-order chi connectivity index (χ1) is 7.11. The summed E-state index contributed by atoms with van der Waals surface area (Å²) in [4.78, 5) is 11.3. The Morgan fingerprint density at radius 2 is 2.47 bits per heavy atom. The average molecular weight is 263 g/mol. The number of hydrogen-bond acceptors (Lipinski definition) is 5. The van der Waals surface area contributed by atoms with Crippen LogP contribution in [0.2, 0.25) is 5.02 Å². The Bertz CT molecular complexity index is 420. The van der Waals surface area contributed by atoms with E-state index >= 15 is 0 Å². The molecule has 1 aromatic rings. The summed E-state index contributed by atoms with van der Waals surface area (Å²) in [5.74, 6) is 2.01. The predicted molar refractivity (Wildman–Crippen MR) is 61.9 cm³/mol. The molecule has 1 N–H and O–H groups in total. The third-order valence-electron chi connectivity index (χ3n) is 1.45. The number of thiophene rings is 1. The zero-order chi connectivity index (χ0) is 11.4. The molecule has 3 nitrogen and oxygen atoms in total. The van der Waals surface area contributed by atoms with E-state index in [2.05, 4.69) is 10.7 Å². The van der Waals surface area contributed by atoms with Gasteiger partial charge < -0.3 is 9.84 Å². The van der Waals surface area contributed by atoms with Crippen LogP contribution in [0.3, 0.4) is 0 Å². The van der Waals surface area contributed by atoms with Gasteiger partial charge in [0.2, 0.25) is 0 Å². The maximum atomic E-state index is 11.2. The van der Waals surface area contributed by atoms with Gasteiger partial charge >= 0.3 is 5.97 Å². The minimum absolute atomic E-state index is 0.0991. The van der Waals surface area contributed by atoms with Gasteiger partial charge in [-0.2, -0.15) is 0 Å². The maximum absolute atomic E-state index is 11.2. The lowest BCUT2D eigenvalue weighted by molar-refractivity contribution is 0.0603. The highest BCUT2D eigenvalue weighted by molar-refractivity contribution is 8.01. The lowest BCUT2D eigenvalue weighted by atomic mass is 10.4. The van der Waals surface area contributed by atoms with Gasteiger partial charge in [-0.3, -0.25) is 0 Å². The zero-order valence-electron chi connectivity index (χ0n) is 7.74. The summed E-state index contributed by atoms with van der Waals surface area (Å²) in [5, 5.41) is 9.69. The standard InChI is InChI=1S/C9H7ClO3S2/c1-3-4-14-9-5(10)6(11)7(15-9)8(12)13-2/h1,11H,4H2,2H3. The highest BCUT2D eigenvalue weighted by Crippen LogP contribution is 2.44. The number of thioether (sulfide) groups is 1. The molecule has 6 heteroatoms. The van der Waals surface area contributed by atoms with E-state index in [9.17, 15) is 9.90 Å². The van der Waals surface area contributed by atoms with Crippen LogP contribution in [0.5, 0.6) is 5.75 Å². The van der Waals surface area contributed by atoms with Crippen molar-refractivity contribution in [1.29, 1.82) is 0 Å². The van der Waals surface area contributed by atoms with Gasteiger partial charge in [0, 0.05) is 0 Å². The summed E-state index contributed by atoms with van der Waals surface area (Å²) < 4.78 is 5.11. The van der Waals surface area contributed by atoms with Gasteiger partial charge in [0.05, 0.1) is 17.1 Å². The Hall–Kier alpha value is -0.830. The normalized spacial score (nSPS) is 9.67. The Kier molecular flexibility index (Phi) is 4.33. The van der Waals surface area contributed by atoms with E-state index in [0.717, 1.165) is 11.3 Å². The van der Waals surface area contributed by atoms with Crippen LogP contribution in [0.4, 0.5) is 0 Å². The summed E-state index contributed by atoms with van der Waals surface area (Å²) >= 11 is 8.18. The van der Waals surface area contributed by atoms with Crippen LogP contribution in [-0.2, 0) is 4.74 Å². The number of carbonyl (C=O) groups excluding carboxylic acids is 1. The molecule has 0 atom stereocenters. The van der Waals surface area contributed by atoms with Gasteiger partial charge in [-0.1, -0.05) is 17.5 Å². The van der Waals surface area contributed by atoms with Crippen molar-refractivity contribution in [1.82, 2.24) is 0 Å². The fourth-order valence-corrected chi connectivity index (χ4v) is 3.08. The SMILES string of the molecule is C#CCSc1sc(C(=O)OC)c(O)c1Cl. The summed E-state index contributed by atoms with van der Waals surface area (Å²) in [6, 6.07) is 0. The smallest absolute Gasteiger partial charge is 0.351 e. The van der Waals surface area contributed by atoms with Crippen LogP contribution in [0.15, 0.2) is 4.21 Å². The van der Waals surface area contributed by atoms with Gasteiger partial charge in [0.25, 0.3) is 0 Å². The molecule has 0 radical (unpaired) electrons. The first-order valence-corrected chi connectivity index (χ1v) is 5.95. The Balaban J connectivity index is 3.02. The fraction of sp³-hybridized carbons (Fsp3) is 0.222. The molecule has 0 saturated carbocycles. The molecule has 80 valence electrons. The van der Waals surface area contributed by atoms with Crippen molar-refractivity contribution in [2.45, 2.75) is 4.21 Å². The minimum atomic E-state index is -0.605. The quantitative estimate of drug-likeness (QED) is 0.517. The molecule has 1 heterocycles. The molecule has 0 spiro atoms. The van der Waals surface area contributed by atoms with Crippen molar-refractivity contribution in [2.75, 3.05) is 12.9 Å². The molecule has 15 heavy (non-hydrogen) atoms. The van der Waals surface area contributed by atoms with Gasteiger partial charge in [-0.05, 0) is 0 Å². The van der Waals surface area contributed by atoms with Gasteiger partial charge in [0.15, 0.2) is 10.6 Å². The zero-order valence-corrected chi connectivity index (χ0v) is 10.1. The molecule has 0 aliphatic carbocycles. The Morgan fingerprint density at radius 3 is 3.00 bits per heavy atom. The minimum Gasteiger partial charge on any atom is -0.505 e. The van der Waals surface area contributed by atoms with E-state index in [0.29, 0.717) is 9.96 Å². The number of ether oxygens (including phenoxy) is 1. The third kappa shape index (κ3) is 2.59. The van der Waals surface area contributed by atoms with Crippen LogP contribution in [0.25, 0.3) is 0 Å². The molecule has 1 aromatic heterocycles. The van der Waals surface area contributed by atoms with Crippen LogP contribution in [-0.4, -0.2) is 23.9 Å². The van der Waals surface area contributed by atoms with Crippen molar-refractivity contribution in [3.05, 3.63) is 9.90 Å². The average Bonchev–Trinajstić information content (AvgIpc) is 2.53. The summed E-state index contributed by atoms with van der Waals surface area (Å²) in [7, 11) is 1.24. The topological polar surface area (TPSA) is 46.5 Å². The molecular weight excluding hydrogens is 256 g/mol. The second-order valence-electron chi connectivity index (χ2n) is 2.37. The number of methoxy groups -OCH3 is 1. The van der Waals surface area contributed by atoms with E-state index in [1.54, 1.807) is 0 Å². The summed E-state index contributed by atoms with van der Waals surface area (Å²) in [5.41, 5.74) is 0. The molecular formula is C9H7ClO3S2. The second-order valence-corrected chi connectivity index (χ2v) is 5.01. The molecule has 0 bridgehead atoms. The number of esters is 1. The van der Waals surface area contributed by atoms with Crippen molar-refractivity contribution < 1.29 is 14.6 Å². The summed E-state index contributed by atoms with van der Waals surface area (Å²) in [6.45, 7) is 0. The lowest BCUT2D eigenvalue weighted by Crippen LogP contribution is -1.97. The van der Waals surface area contributed by atoms with Crippen LogP contribution in [0.1, 0.15) is 9.67 Å². The molecule has 0 saturated heterocycles. The highest BCUT2D eigenvalue weighted by Gasteiger charge is 2.21. The van der Waals surface area contributed by atoms with E-state index in [-0.39, 0.29) is 15.6 Å². The van der Waals surface area contributed by atoms with Crippen LogP contribution in [0, 0.1) is 12.3 Å². The summed E-state index contributed by atoms with van der Waals surface area (Å²) in [6.07, 6.45) is 5.09. The monoisotopic (exact) mass is 262 g/mol. The van der Waals surface area contributed by atoms with Gasteiger partial charge in [-0.25, -0.2) is 4.79 Å². The molecule has 0 aliphatic rings. The predicted octanol–water partition coefficient (Wildman–Crippen LogP) is 2.62. The third-order valence-corrected chi connectivity index (χ3v) is 4.38. The number of aromatic hydroxyl groups is 1. The number of rotatable bonds is 3. The van der Waals surface area contributed by atoms with Crippen molar-refractivity contribution in [3.8, 4) is 18.1 Å². The number of hydrogen-bond donors (Lipinski definition) is 1. The van der Waals surface area contributed by atoms with E-state index in [4.69, 9.17) is 18.0 Å². The fourth-order valence-electron chi connectivity index (χ4n) is 0.813. The number of carbonyl (C=O) groups is 1. The first kappa shape index (κ1) is 12.2. The first-order valence-electron chi connectivity index (χ1n) is 3.77. The number of terminal acetylenes is 1. The van der Waals surface area contributed by atoms with E-state index in [1.807, 2.05) is 0 Å². The van der Waals surface area contributed by atoms with E-state index in [1.165, 1.54) is 18.9 Å². The largest absolute Gasteiger partial charge is 0.505 e. The second kappa shape index (κ2) is 5.31. The van der Waals surface area contributed by atoms with Crippen molar-refractivity contribution in [2.24, 2.45) is 0 Å². The molecule has 0 fully saturated rings. The van der Waals surface area contributed by atoms with Gasteiger partial charge in [0.1, 0.15) is 5.02 Å². The Labute approximate surface area is 100 Å². The molecule has 0 aromatic carbocycles. The van der Waals surface area contributed by atoms with Crippen LogP contribution >= 0.6 is 34.7 Å². The molecule has 0 unspecified atom stereocenters. The van der Waals surface area contributed by atoms with Gasteiger partial charge in [-0.15, -0.1) is 29.5 Å². The number of halogens is 1. The lowest BCUT2D eigenvalue weighted by Gasteiger charge is -1.94.